The second-order valence-electron chi connectivity index (χ2n) is 4.71. The lowest BCUT2D eigenvalue weighted by atomic mass is 9.86. The van der Waals surface area contributed by atoms with E-state index >= 15 is 0 Å². The van der Waals surface area contributed by atoms with Gasteiger partial charge in [0.15, 0.2) is 5.58 Å². The van der Waals surface area contributed by atoms with Gasteiger partial charge in [0, 0.05) is 11.3 Å². The van der Waals surface area contributed by atoms with E-state index in [4.69, 9.17) is 10.2 Å². The number of aromatic nitrogens is 1. The van der Waals surface area contributed by atoms with Crippen LogP contribution in [0.15, 0.2) is 21.3 Å². The van der Waals surface area contributed by atoms with Crippen molar-refractivity contribution in [1.82, 2.24) is 4.98 Å². The summed E-state index contributed by atoms with van der Waals surface area (Å²) in [5, 5.41) is 0. The Bertz CT molecular complexity index is 558. The third kappa shape index (κ3) is 1.63. The van der Waals surface area contributed by atoms with Gasteiger partial charge in [-0.3, -0.25) is 4.98 Å². The van der Waals surface area contributed by atoms with E-state index in [1.165, 1.54) is 0 Å². The van der Waals surface area contributed by atoms with Crippen molar-refractivity contribution >= 4 is 16.8 Å². The van der Waals surface area contributed by atoms with Crippen LogP contribution in [0.1, 0.15) is 26.3 Å². The molecule has 0 aliphatic carbocycles. The van der Waals surface area contributed by atoms with Gasteiger partial charge in [-0.1, -0.05) is 20.8 Å². The van der Waals surface area contributed by atoms with Crippen LogP contribution >= 0.6 is 0 Å². The topological polar surface area (TPSA) is 72.0 Å². The molecule has 1 aromatic carbocycles. The van der Waals surface area contributed by atoms with Crippen LogP contribution in [-0.4, -0.2) is 4.98 Å². The van der Waals surface area contributed by atoms with Crippen molar-refractivity contribution in [3.8, 4) is 0 Å². The summed E-state index contributed by atoms with van der Waals surface area (Å²) in [5.41, 5.74) is 8.49. The molecular formula is C11H14N2O2. The van der Waals surface area contributed by atoms with E-state index in [-0.39, 0.29) is 5.41 Å². The summed E-state index contributed by atoms with van der Waals surface area (Å²) < 4.78 is 5.11. The third-order valence-electron chi connectivity index (χ3n) is 2.35. The molecular weight excluding hydrogens is 192 g/mol. The van der Waals surface area contributed by atoms with Crippen LogP contribution in [0.4, 0.5) is 5.69 Å². The Morgan fingerprint density at radius 1 is 1.33 bits per heavy atom. The zero-order valence-electron chi connectivity index (χ0n) is 9.05. The summed E-state index contributed by atoms with van der Waals surface area (Å²) in [7, 11) is 0. The Morgan fingerprint density at radius 3 is 2.60 bits per heavy atom. The van der Waals surface area contributed by atoms with Gasteiger partial charge in [0.05, 0.1) is 5.52 Å². The molecule has 4 nitrogen and oxygen atoms in total. The fraction of sp³-hybridized carbons (Fsp3) is 0.364. The Kier molecular flexibility index (Phi) is 1.89. The first kappa shape index (κ1) is 9.83. The normalized spacial score (nSPS) is 12.2. The SMILES string of the molecule is CC(C)(C)c1cc(N)cc2[nH]c(=O)oc12. The molecule has 0 spiro atoms. The molecule has 0 saturated heterocycles. The molecule has 0 aliphatic rings. The zero-order chi connectivity index (χ0) is 11.2. The number of hydrogen-bond donors (Lipinski definition) is 2. The maximum absolute atomic E-state index is 11.1. The number of H-pyrrole nitrogens is 1. The van der Waals surface area contributed by atoms with Crippen molar-refractivity contribution in [2.24, 2.45) is 0 Å². The number of nitrogen functional groups attached to an aromatic ring is 1. The predicted octanol–water partition coefficient (Wildman–Crippen LogP) is 2.00. The highest BCUT2D eigenvalue weighted by molar-refractivity contribution is 5.81. The number of rotatable bonds is 0. The van der Waals surface area contributed by atoms with Gasteiger partial charge in [-0.25, -0.2) is 4.79 Å². The van der Waals surface area contributed by atoms with Crippen LogP contribution in [0.25, 0.3) is 11.1 Å². The number of nitrogens with two attached hydrogens (primary N) is 1. The Balaban J connectivity index is 2.88. The van der Waals surface area contributed by atoms with Crippen LogP contribution < -0.4 is 11.5 Å². The lowest BCUT2D eigenvalue weighted by molar-refractivity contribution is 0.529. The van der Waals surface area contributed by atoms with Crippen molar-refractivity contribution in [1.29, 1.82) is 0 Å². The Labute approximate surface area is 87.1 Å². The number of benzene rings is 1. The summed E-state index contributed by atoms with van der Waals surface area (Å²) in [6.45, 7) is 6.15. The zero-order valence-corrected chi connectivity index (χ0v) is 9.05. The predicted molar refractivity (Wildman–Crippen MR) is 59.9 cm³/mol. The van der Waals surface area contributed by atoms with Gasteiger partial charge in [0.1, 0.15) is 0 Å². The van der Waals surface area contributed by atoms with Crippen molar-refractivity contribution < 1.29 is 4.42 Å². The standard InChI is InChI=1S/C11H14N2O2/c1-11(2,3)7-4-6(12)5-8-9(7)15-10(14)13-8/h4-5H,12H2,1-3H3,(H,13,14). The van der Waals surface area contributed by atoms with Gasteiger partial charge < -0.3 is 10.2 Å². The van der Waals surface area contributed by atoms with Gasteiger partial charge >= 0.3 is 5.76 Å². The van der Waals surface area contributed by atoms with Crippen LogP contribution in [0.5, 0.6) is 0 Å². The van der Waals surface area contributed by atoms with Crippen LogP contribution in [0, 0.1) is 0 Å². The minimum absolute atomic E-state index is 0.105. The maximum atomic E-state index is 11.1. The molecule has 0 unspecified atom stereocenters. The van der Waals surface area contributed by atoms with Crippen LogP contribution in [0.3, 0.4) is 0 Å². The lowest BCUT2D eigenvalue weighted by Crippen LogP contribution is -2.11. The van der Waals surface area contributed by atoms with E-state index in [1.807, 2.05) is 26.8 Å². The highest BCUT2D eigenvalue weighted by atomic mass is 16.4. The Hall–Kier alpha value is -1.71. The molecule has 2 rings (SSSR count). The average Bonchev–Trinajstić information content (AvgIpc) is 2.41. The number of fused-ring (bicyclic) bond motifs is 1. The van der Waals surface area contributed by atoms with E-state index in [0.29, 0.717) is 16.8 Å². The van der Waals surface area contributed by atoms with Crippen LogP contribution in [-0.2, 0) is 5.41 Å². The van der Waals surface area contributed by atoms with E-state index in [1.54, 1.807) is 6.07 Å². The van der Waals surface area contributed by atoms with Crippen molar-refractivity contribution in [3.05, 3.63) is 28.2 Å². The molecule has 0 atom stereocenters. The number of hydrogen-bond acceptors (Lipinski definition) is 3. The first-order valence-electron chi connectivity index (χ1n) is 4.81. The first-order valence-corrected chi connectivity index (χ1v) is 4.81. The molecule has 0 saturated carbocycles. The molecule has 0 fully saturated rings. The molecule has 1 heterocycles. The lowest BCUT2D eigenvalue weighted by Gasteiger charge is -2.19. The van der Waals surface area contributed by atoms with Crippen LogP contribution in [0.2, 0.25) is 0 Å². The molecule has 1 aromatic heterocycles. The molecule has 0 amide bonds. The second kappa shape index (κ2) is 2.89. The minimum atomic E-state index is -0.443. The maximum Gasteiger partial charge on any atom is 0.417 e. The molecule has 3 N–H and O–H groups in total. The van der Waals surface area contributed by atoms with Crippen molar-refractivity contribution in [3.63, 3.8) is 0 Å². The summed E-state index contributed by atoms with van der Waals surface area (Å²) in [6, 6.07) is 3.55. The van der Waals surface area contributed by atoms with E-state index in [2.05, 4.69) is 4.98 Å². The molecule has 80 valence electrons. The summed E-state index contributed by atoms with van der Waals surface area (Å²) in [6.07, 6.45) is 0. The fourth-order valence-corrected chi connectivity index (χ4v) is 1.64. The molecule has 0 bridgehead atoms. The quantitative estimate of drug-likeness (QED) is 0.647. The van der Waals surface area contributed by atoms with Crippen molar-refractivity contribution in [2.75, 3.05) is 5.73 Å². The van der Waals surface area contributed by atoms with Gasteiger partial charge in [0.2, 0.25) is 0 Å². The largest absolute Gasteiger partial charge is 0.417 e. The molecule has 2 aromatic rings. The fourth-order valence-electron chi connectivity index (χ4n) is 1.64. The Morgan fingerprint density at radius 2 is 2.00 bits per heavy atom. The molecule has 15 heavy (non-hydrogen) atoms. The van der Waals surface area contributed by atoms with Gasteiger partial charge in [0.25, 0.3) is 0 Å². The smallest absolute Gasteiger partial charge is 0.408 e. The molecule has 0 aliphatic heterocycles. The van der Waals surface area contributed by atoms with Gasteiger partial charge in [-0.2, -0.15) is 0 Å². The molecule has 0 radical (unpaired) electrons. The molecule has 4 heteroatoms. The monoisotopic (exact) mass is 206 g/mol. The second-order valence-corrected chi connectivity index (χ2v) is 4.71. The van der Waals surface area contributed by atoms with E-state index < -0.39 is 5.76 Å². The highest BCUT2D eigenvalue weighted by Crippen LogP contribution is 2.30. The van der Waals surface area contributed by atoms with Gasteiger partial charge in [-0.05, 0) is 17.5 Å². The van der Waals surface area contributed by atoms with E-state index in [9.17, 15) is 4.79 Å². The highest BCUT2D eigenvalue weighted by Gasteiger charge is 2.20. The number of nitrogens with one attached hydrogen (secondary N) is 1. The third-order valence-corrected chi connectivity index (χ3v) is 2.35. The average molecular weight is 206 g/mol. The number of oxazole rings is 1. The summed E-state index contributed by atoms with van der Waals surface area (Å²) >= 11 is 0. The first-order chi connectivity index (χ1) is 6.88. The number of anilines is 1. The van der Waals surface area contributed by atoms with Gasteiger partial charge in [-0.15, -0.1) is 0 Å². The van der Waals surface area contributed by atoms with E-state index in [0.717, 1.165) is 5.56 Å². The van der Waals surface area contributed by atoms with Crippen molar-refractivity contribution in [2.45, 2.75) is 26.2 Å². The minimum Gasteiger partial charge on any atom is -0.408 e. The summed E-state index contributed by atoms with van der Waals surface area (Å²) in [5.74, 6) is -0.443. The number of aromatic amines is 1. The summed E-state index contributed by atoms with van der Waals surface area (Å²) in [4.78, 5) is 13.7.